The van der Waals surface area contributed by atoms with Crippen LogP contribution in [0.1, 0.15) is 35.3 Å². The maximum Gasteiger partial charge on any atom is 0.243 e. The second kappa shape index (κ2) is 7.53. The van der Waals surface area contributed by atoms with E-state index in [1.807, 2.05) is 42.5 Å². The molecule has 0 aliphatic carbocycles. The minimum atomic E-state index is -0.235. The molecule has 23 heavy (non-hydrogen) atoms. The number of halogens is 1. The summed E-state index contributed by atoms with van der Waals surface area (Å²) < 4.78 is 6.37. The molecule has 0 aliphatic heterocycles. The van der Waals surface area contributed by atoms with Crippen molar-refractivity contribution in [2.45, 2.75) is 25.3 Å². The Balaban J connectivity index is 1.58. The third-order valence-corrected chi connectivity index (χ3v) is 4.19. The van der Waals surface area contributed by atoms with Crippen LogP contribution in [0.25, 0.3) is 0 Å². The van der Waals surface area contributed by atoms with Crippen LogP contribution in [0.4, 0.5) is 0 Å². The van der Waals surface area contributed by atoms with Gasteiger partial charge in [0.1, 0.15) is 0 Å². The number of rotatable bonds is 6. The van der Waals surface area contributed by atoms with Gasteiger partial charge in [0.2, 0.25) is 5.89 Å². The molecule has 0 fully saturated rings. The average Bonchev–Trinajstić information content (AvgIpc) is 3.04. The topological polar surface area (TPSA) is 64.9 Å². The van der Waals surface area contributed by atoms with E-state index in [9.17, 15) is 0 Å². The summed E-state index contributed by atoms with van der Waals surface area (Å²) in [6.45, 7) is 0. The maximum absolute atomic E-state index is 6.17. The van der Waals surface area contributed by atoms with Gasteiger partial charge in [0.05, 0.1) is 6.04 Å². The Labute approximate surface area is 143 Å². The second-order valence-corrected chi connectivity index (χ2v) is 6.40. The minimum absolute atomic E-state index is 0.235. The molecule has 5 heteroatoms. The van der Waals surface area contributed by atoms with Gasteiger partial charge in [-0.15, -0.1) is 0 Å². The maximum atomic E-state index is 6.17. The van der Waals surface area contributed by atoms with E-state index in [-0.39, 0.29) is 6.04 Å². The molecule has 1 aromatic heterocycles. The van der Waals surface area contributed by atoms with Gasteiger partial charge < -0.3 is 10.3 Å². The lowest BCUT2D eigenvalue weighted by molar-refractivity contribution is 0.345. The average molecular weight is 372 g/mol. The van der Waals surface area contributed by atoms with E-state index < -0.39 is 0 Å². The van der Waals surface area contributed by atoms with Crippen LogP contribution in [0.3, 0.4) is 0 Å². The van der Waals surface area contributed by atoms with Crippen molar-refractivity contribution in [3.05, 3.63) is 81.9 Å². The summed E-state index contributed by atoms with van der Waals surface area (Å²) in [7, 11) is 0. The van der Waals surface area contributed by atoms with Crippen molar-refractivity contribution >= 4 is 15.9 Å². The first-order chi connectivity index (χ1) is 11.2. The van der Waals surface area contributed by atoms with Crippen LogP contribution >= 0.6 is 15.9 Å². The molecule has 0 amide bonds. The van der Waals surface area contributed by atoms with E-state index in [0.717, 1.165) is 22.9 Å². The summed E-state index contributed by atoms with van der Waals surface area (Å²) in [5.41, 5.74) is 8.57. The van der Waals surface area contributed by atoms with E-state index in [4.69, 9.17) is 10.3 Å². The number of benzene rings is 2. The molecule has 1 atom stereocenters. The number of aryl methyl sites for hydroxylation is 1. The van der Waals surface area contributed by atoms with Crippen molar-refractivity contribution in [2.24, 2.45) is 5.73 Å². The predicted octanol–water partition coefficient (Wildman–Crippen LogP) is 4.06. The molecule has 0 aliphatic rings. The lowest BCUT2D eigenvalue weighted by atomic mass is 10.1. The standard InChI is InChI=1S/C18H18BrN3O/c19-15-9-6-14(7-10-15)12-17-21-18(23-22-17)16(20)11-8-13-4-2-1-3-5-13/h1-7,9-10,16H,8,11-12,20H2/t16-/m1/s1. The Bertz CT molecular complexity index is 740. The van der Waals surface area contributed by atoms with E-state index >= 15 is 0 Å². The van der Waals surface area contributed by atoms with Crippen molar-refractivity contribution in [3.8, 4) is 0 Å². The molecule has 2 N–H and O–H groups in total. The monoisotopic (exact) mass is 371 g/mol. The molecule has 1 heterocycles. The number of nitrogens with two attached hydrogens (primary N) is 1. The van der Waals surface area contributed by atoms with Gasteiger partial charge in [0.15, 0.2) is 5.82 Å². The fraction of sp³-hybridized carbons (Fsp3) is 0.222. The highest BCUT2D eigenvalue weighted by Crippen LogP contribution is 2.17. The van der Waals surface area contributed by atoms with Crippen molar-refractivity contribution < 1.29 is 4.52 Å². The van der Waals surface area contributed by atoms with Gasteiger partial charge in [-0.3, -0.25) is 0 Å². The lowest BCUT2D eigenvalue weighted by Crippen LogP contribution is -2.12. The molecule has 3 rings (SSSR count). The van der Waals surface area contributed by atoms with E-state index in [1.165, 1.54) is 5.56 Å². The van der Waals surface area contributed by atoms with Crippen molar-refractivity contribution in [1.29, 1.82) is 0 Å². The molecule has 0 bridgehead atoms. The molecule has 0 unspecified atom stereocenters. The lowest BCUT2D eigenvalue weighted by Gasteiger charge is -2.06. The summed E-state index contributed by atoms with van der Waals surface area (Å²) in [4.78, 5) is 4.43. The highest BCUT2D eigenvalue weighted by atomic mass is 79.9. The van der Waals surface area contributed by atoms with Crippen molar-refractivity contribution in [1.82, 2.24) is 10.1 Å². The first kappa shape index (κ1) is 15.9. The van der Waals surface area contributed by atoms with Gasteiger partial charge in [0.25, 0.3) is 0 Å². The van der Waals surface area contributed by atoms with Gasteiger partial charge in [0, 0.05) is 10.9 Å². The van der Waals surface area contributed by atoms with Crippen LogP contribution in [0.2, 0.25) is 0 Å². The minimum Gasteiger partial charge on any atom is -0.338 e. The van der Waals surface area contributed by atoms with Crippen LogP contribution in [0.15, 0.2) is 63.6 Å². The first-order valence-corrected chi connectivity index (χ1v) is 8.36. The van der Waals surface area contributed by atoms with Gasteiger partial charge in [-0.25, -0.2) is 0 Å². The Morgan fingerprint density at radius 2 is 1.74 bits per heavy atom. The van der Waals surface area contributed by atoms with Gasteiger partial charge in [-0.2, -0.15) is 4.98 Å². The normalized spacial score (nSPS) is 12.3. The third kappa shape index (κ3) is 4.50. The summed E-state index contributed by atoms with van der Waals surface area (Å²) in [6.07, 6.45) is 2.32. The second-order valence-electron chi connectivity index (χ2n) is 5.48. The largest absolute Gasteiger partial charge is 0.338 e. The zero-order valence-corrected chi connectivity index (χ0v) is 14.2. The fourth-order valence-corrected chi connectivity index (χ4v) is 2.63. The highest BCUT2D eigenvalue weighted by Gasteiger charge is 2.15. The van der Waals surface area contributed by atoms with Crippen LogP contribution in [-0.2, 0) is 12.8 Å². The van der Waals surface area contributed by atoms with Gasteiger partial charge in [-0.1, -0.05) is 63.6 Å². The van der Waals surface area contributed by atoms with E-state index in [0.29, 0.717) is 18.1 Å². The number of hydrogen-bond acceptors (Lipinski definition) is 4. The zero-order chi connectivity index (χ0) is 16.1. The Morgan fingerprint density at radius 1 is 1.00 bits per heavy atom. The Kier molecular flexibility index (Phi) is 5.20. The third-order valence-electron chi connectivity index (χ3n) is 3.66. The van der Waals surface area contributed by atoms with E-state index in [2.05, 4.69) is 38.2 Å². The Hall–Kier alpha value is -1.98. The van der Waals surface area contributed by atoms with E-state index in [1.54, 1.807) is 0 Å². The van der Waals surface area contributed by atoms with Crippen molar-refractivity contribution in [3.63, 3.8) is 0 Å². The summed E-state index contributed by atoms with van der Waals surface area (Å²) in [6, 6.07) is 18.1. The predicted molar refractivity (Wildman–Crippen MR) is 92.9 cm³/mol. The molecule has 3 aromatic rings. The number of nitrogens with zero attached hydrogens (tertiary/aromatic N) is 2. The molecule has 0 saturated carbocycles. The van der Waals surface area contributed by atoms with Crippen LogP contribution in [0, 0.1) is 0 Å². The molecule has 0 radical (unpaired) electrons. The van der Waals surface area contributed by atoms with Crippen molar-refractivity contribution in [2.75, 3.05) is 0 Å². The summed E-state index contributed by atoms with van der Waals surface area (Å²) in [5.74, 6) is 1.17. The SMILES string of the molecule is N[C@H](CCc1ccccc1)c1nc(Cc2ccc(Br)cc2)no1. The molecule has 118 valence electrons. The number of hydrogen-bond donors (Lipinski definition) is 1. The smallest absolute Gasteiger partial charge is 0.243 e. The molecule has 0 saturated heterocycles. The molecule has 0 spiro atoms. The zero-order valence-electron chi connectivity index (χ0n) is 12.7. The van der Waals surface area contributed by atoms with Crippen LogP contribution in [0.5, 0.6) is 0 Å². The quantitative estimate of drug-likeness (QED) is 0.709. The number of aromatic nitrogens is 2. The molecule has 2 aromatic carbocycles. The molecular formula is C18H18BrN3O. The highest BCUT2D eigenvalue weighted by molar-refractivity contribution is 9.10. The fourth-order valence-electron chi connectivity index (χ4n) is 2.37. The molecule has 4 nitrogen and oxygen atoms in total. The summed E-state index contributed by atoms with van der Waals surface area (Å²) >= 11 is 3.42. The van der Waals surface area contributed by atoms with Gasteiger partial charge >= 0.3 is 0 Å². The molecular weight excluding hydrogens is 354 g/mol. The van der Waals surface area contributed by atoms with Crippen LogP contribution in [-0.4, -0.2) is 10.1 Å². The first-order valence-electron chi connectivity index (χ1n) is 7.57. The van der Waals surface area contributed by atoms with Gasteiger partial charge in [-0.05, 0) is 36.1 Å². The summed E-state index contributed by atoms with van der Waals surface area (Å²) in [5, 5.41) is 4.03. The Morgan fingerprint density at radius 3 is 2.48 bits per heavy atom. The van der Waals surface area contributed by atoms with Crippen LogP contribution < -0.4 is 5.73 Å².